The van der Waals surface area contributed by atoms with E-state index in [1.807, 2.05) is 6.92 Å². The lowest BCUT2D eigenvalue weighted by molar-refractivity contribution is 0.103. The largest absolute Gasteiger partial charge is 0.318 e. The van der Waals surface area contributed by atoms with Crippen LogP contribution in [0.5, 0.6) is 0 Å². The van der Waals surface area contributed by atoms with Crippen molar-refractivity contribution < 1.29 is 13.2 Å². The van der Waals surface area contributed by atoms with Gasteiger partial charge in [0.1, 0.15) is 0 Å². The molecule has 0 saturated carbocycles. The maximum atomic E-state index is 13.5. The van der Waals surface area contributed by atoms with Crippen molar-refractivity contribution in [3.05, 3.63) is 87.6 Å². The average Bonchev–Trinajstić information content (AvgIpc) is 2.83. The normalized spacial score (nSPS) is 12.9. The summed E-state index contributed by atoms with van der Waals surface area (Å²) in [7, 11) is -1.63. The van der Waals surface area contributed by atoms with Crippen LogP contribution in [0.3, 0.4) is 0 Å². The number of hydrogen-bond acceptors (Lipinski definition) is 7. The van der Waals surface area contributed by atoms with E-state index in [1.165, 1.54) is 4.57 Å². The number of sulfone groups is 1. The molecule has 0 saturated heterocycles. The Kier molecular flexibility index (Phi) is 8.59. The summed E-state index contributed by atoms with van der Waals surface area (Å²) in [5, 5.41) is 0. The average molecular weight is 528 g/mol. The van der Waals surface area contributed by atoms with Crippen molar-refractivity contribution in [3.63, 3.8) is 0 Å². The first kappa shape index (κ1) is 27.8. The molecule has 7 nitrogen and oxygen atoms in total. The Morgan fingerprint density at radius 1 is 1.11 bits per heavy atom. The summed E-state index contributed by atoms with van der Waals surface area (Å²) in [5.74, 6) is -0.313. The Balaban J connectivity index is 2.24. The summed E-state index contributed by atoms with van der Waals surface area (Å²) in [5.41, 5.74) is 3.32. The number of nitrogens with zero attached hydrogens (tertiary/aromatic N) is 2. The Bertz CT molecular complexity index is 1410. The number of aromatic nitrogens is 2. The van der Waals surface area contributed by atoms with E-state index in [0.717, 1.165) is 5.56 Å². The van der Waals surface area contributed by atoms with Gasteiger partial charge in [0.25, 0.3) is 5.56 Å². The maximum absolute atomic E-state index is 13.5. The number of benzene rings is 1. The Labute approximate surface area is 217 Å². The Hall–Kier alpha value is -2.75. The number of nitrogens with one attached hydrogen (secondary N) is 1. The number of hydrogen-bond donors (Lipinski definition) is 1. The van der Waals surface area contributed by atoms with Crippen LogP contribution in [0.2, 0.25) is 0 Å². The molecule has 0 bridgehead atoms. The van der Waals surface area contributed by atoms with Gasteiger partial charge in [-0.15, -0.1) is 0 Å². The third-order valence-corrected chi connectivity index (χ3v) is 8.39. The number of carbonyl (C=O) groups excluding carboxylic acids is 1. The van der Waals surface area contributed by atoms with Gasteiger partial charge in [-0.1, -0.05) is 31.0 Å². The summed E-state index contributed by atoms with van der Waals surface area (Å²) in [4.78, 5) is 30.2. The van der Waals surface area contributed by atoms with E-state index in [4.69, 9.17) is 0 Å². The van der Waals surface area contributed by atoms with Gasteiger partial charge in [0.05, 0.1) is 5.75 Å². The predicted molar refractivity (Wildman–Crippen MR) is 147 cm³/mol. The smallest absolute Gasteiger partial charge is 0.250 e. The molecule has 3 rings (SSSR count). The number of carbonyl (C=O) groups is 1. The van der Waals surface area contributed by atoms with Crippen LogP contribution in [-0.4, -0.2) is 34.3 Å². The van der Waals surface area contributed by atoms with Crippen LogP contribution < -0.4 is 10.3 Å². The quantitative estimate of drug-likeness (QED) is 0.318. The molecule has 0 spiro atoms. The van der Waals surface area contributed by atoms with Crippen LogP contribution in [0, 0.1) is 0 Å². The third-order valence-electron chi connectivity index (χ3n) is 5.66. The molecule has 0 aliphatic heterocycles. The van der Waals surface area contributed by atoms with Crippen molar-refractivity contribution in [3.8, 4) is 11.1 Å². The topological polar surface area (TPSA) is 98.1 Å². The lowest BCUT2D eigenvalue weighted by Crippen LogP contribution is -2.24. The molecule has 0 amide bonds. The summed E-state index contributed by atoms with van der Waals surface area (Å²) in [6.45, 7) is 9.85. The number of pyridine rings is 2. The molecular weight excluding hydrogens is 494 g/mol. The molecule has 192 valence electrons. The van der Waals surface area contributed by atoms with Crippen LogP contribution in [0.25, 0.3) is 11.1 Å². The Morgan fingerprint density at radius 2 is 1.78 bits per heavy atom. The van der Waals surface area contributed by atoms with Crippen LogP contribution >= 0.6 is 11.9 Å². The van der Waals surface area contributed by atoms with Gasteiger partial charge in [-0.3, -0.25) is 19.3 Å². The number of ketones is 1. The molecule has 0 aliphatic rings. The second-order valence-electron chi connectivity index (χ2n) is 9.77. The molecule has 0 fully saturated rings. The zero-order valence-electron chi connectivity index (χ0n) is 21.5. The zero-order chi connectivity index (χ0) is 26.7. The molecular formula is C27H33N3O4S2. The highest BCUT2D eigenvalue weighted by Gasteiger charge is 2.23. The van der Waals surface area contributed by atoms with Crippen LogP contribution in [0.4, 0.5) is 0 Å². The van der Waals surface area contributed by atoms with Gasteiger partial charge in [0, 0.05) is 64.9 Å². The van der Waals surface area contributed by atoms with Crippen molar-refractivity contribution >= 4 is 27.6 Å². The summed E-state index contributed by atoms with van der Waals surface area (Å²) in [6.07, 6.45) is 4.83. The first-order chi connectivity index (χ1) is 16.8. The minimum absolute atomic E-state index is 0.0239. The summed E-state index contributed by atoms with van der Waals surface area (Å²) >= 11 is 1.56. The summed E-state index contributed by atoms with van der Waals surface area (Å²) < 4.78 is 29.6. The fourth-order valence-corrected chi connectivity index (χ4v) is 5.22. The lowest BCUT2D eigenvalue weighted by atomic mass is 9.90. The van der Waals surface area contributed by atoms with Gasteiger partial charge in [-0.2, -0.15) is 0 Å². The van der Waals surface area contributed by atoms with Crippen molar-refractivity contribution in [2.45, 2.75) is 51.2 Å². The van der Waals surface area contributed by atoms with Gasteiger partial charge in [-0.25, -0.2) is 8.42 Å². The molecule has 0 unspecified atom stereocenters. The number of aryl methyl sites for hydroxylation is 1. The highest BCUT2D eigenvalue weighted by atomic mass is 32.2. The highest BCUT2D eigenvalue weighted by Crippen LogP contribution is 2.34. The first-order valence-corrected chi connectivity index (χ1v) is 14.4. The van der Waals surface area contributed by atoms with E-state index in [1.54, 1.807) is 80.9 Å². The minimum Gasteiger partial charge on any atom is -0.318 e. The van der Waals surface area contributed by atoms with Crippen LogP contribution in [0.15, 0.2) is 59.8 Å². The monoisotopic (exact) mass is 527 g/mol. The van der Waals surface area contributed by atoms with E-state index in [-0.39, 0.29) is 33.6 Å². The van der Waals surface area contributed by atoms with Crippen LogP contribution in [-0.2, 0) is 22.6 Å². The molecule has 3 aromatic rings. The predicted octanol–water partition coefficient (Wildman–Crippen LogP) is 4.71. The van der Waals surface area contributed by atoms with Gasteiger partial charge in [-0.05, 0) is 62.6 Å². The molecule has 0 radical (unpaired) electrons. The standard InChI is InChI=1S/C27H33N3O4S2/c1-7-36(33,34)17-19-8-9-21(26(32)20-10-12-28-13-11-20)23(14-19)24-16-30(6)25(31)15-22(24)18(2)29-35-27(3,4)5/h8-16,18,29H,7,17H2,1-6H3/t18-/m0/s1. The second kappa shape index (κ2) is 11.1. The van der Waals surface area contributed by atoms with Gasteiger partial charge < -0.3 is 4.57 Å². The molecule has 36 heavy (non-hydrogen) atoms. The molecule has 9 heteroatoms. The van der Waals surface area contributed by atoms with Crippen molar-refractivity contribution in [2.75, 3.05) is 5.75 Å². The van der Waals surface area contributed by atoms with Crippen molar-refractivity contribution in [1.29, 1.82) is 0 Å². The molecule has 0 aliphatic carbocycles. The van der Waals surface area contributed by atoms with Gasteiger partial charge in [0.15, 0.2) is 15.6 Å². The van der Waals surface area contributed by atoms with E-state index in [2.05, 4.69) is 30.5 Å². The maximum Gasteiger partial charge on any atom is 0.250 e. The molecule has 2 aromatic heterocycles. The third kappa shape index (κ3) is 6.93. The van der Waals surface area contributed by atoms with Gasteiger partial charge >= 0.3 is 0 Å². The fourth-order valence-electron chi connectivity index (χ4n) is 3.67. The zero-order valence-corrected chi connectivity index (χ0v) is 23.2. The molecule has 1 N–H and O–H groups in total. The SMILES string of the molecule is CCS(=O)(=O)Cc1ccc(C(=O)c2ccncc2)c(-c2cn(C)c(=O)cc2[C@H](C)NSC(C)(C)C)c1. The Morgan fingerprint density at radius 3 is 2.39 bits per heavy atom. The molecule has 2 heterocycles. The van der Waals surface area contributed by atoms with E-state index in [9.17, 15) is 18.0 Å². The summed E-state index contributed by atoms with van der Waals surface area (Å²) in [6, 6.07) is 9.77. The minimum atomic E-state index is -3.29. The number of rotatable bonds is 9. The first-order valence-electron chi connectivity index (χ1n) is 11.7. The molecule has 1 atom stereocenters. The van der Waals surface area contributed by atoms with Gasteiger partial charge in [0.2, 0.25) is 0 Å². The van der Waals surface area contributed by atoms with E-state index >= 15 is 0 Å². The van der Waals surface area contributed by atoms with E-state index in [0.29, 0.717) is 27.8 Å². The highest BCUT2D eigenvalue weighted by molar-refractivity contribution is 7.98. The molecule has 1 aromatic carbocycles. The lowest BCUT2D eigenvalue weighted by Gasteiger charge is -2.24. The van der Waals surface area contributed by atoms with E-state index < -0.39 is 9.84 Å². The van der Waals surface area contributed by atoms with Crippen molar-refractivity contribution in [2.24, 2.45) is 7.05 Å². The van der Waals surface area contributed by atoms with Crippen molar-refractivity contribution in [1.82, 2.24) is 14.3 Å². The van der Waals surface area contributed by atoms with Crippen LogP contribution in [0.1, 0.15) is 67.7 Å². The fraction of sp³-hybridized carbons (Fsp3) is 0.370. The second-order valence-corrected chi connectivity index (χ2v) is 13.8.